The Bertz CT molecular complexity index is 928. The van der Waals surface area contributed by atoms with E-state index in [1.807, 2.05) is 35.8 Å². The van der Waals surface area contributed by atoms with Gasteiger partial charge in [0, 0.05) is 25.5 Å². The van der Waals surface area contributed by atoms with Crippen molar-refractivity contribution in [2.45, 2.75) is 25.3 Å². The van der Waals surface area contributed by atoms with Crippen molar-refractivity contribution in [1.82, 2.24) is 19.5 Å². The summed E-state index contributed by atoms with van der Waals surface area (Å²) in [5.41, 5.74) is 1.55. The normalized spacial score (nSPS) is 16.9. The molecule has 1 aliphatic heterocycles. The van der Waals surface area contributed by atoms with Crippen LogP contribution in [-0.4, -0.2) is 43.7 Å². The summed E-state index contributed by atoms with van der Waals surface area (Å²) in [7, 11) is 0. The van der Waals surface area contributed by atoms with Crippen LogP contribution in [-0.2, 0) is 10.3 Å². The zero-order valence-corrected chi connectivity index (χ0v) is 14.0. The van der Waals surface area contributed by atoms with Gasteiger partial charge < -0.3 is 14.6 Å². The molecule has 1 fully saturated rings. The van der Waals surface area contributed by atoms with Crippen LogP contribution in [0.15, 0.2) is 43.0 Å². The first-order valence-electron chi connectivity index (χ1n) is 8.30. The Balaban J connectivity index is 1.68. The third-order valence-corrected chi connectivity index (χ3v) is 5.06. The highest BCUT2D eigenvalue weighted by atomic mass is 16.4. The molecular formula is C18H19N5O2. The predicted octanol–water partition coefficient (Wildman–Crippen LogP) is 2.22. The van der Waals surface area contributed by atoms with Gasteiger partial charge in [0.05, 0.1) is 23.1 Å². The second kappa shape index (κ2) is 5.84. The summed E-state index contributed by atoms with van der Waals surface area (Å²) in [6, 6.07) is 7.65. The number of carboxylic acid groups (broad SMARTS) is 1. The number of aliphatic carboxylic acids is 1. The summed E-state index contributed by atoms with van der Waals surface area (Å²) in [5, 5.41) is 10.0. The maximum atomic E-state index is 12.2. The van der Waals surface area contributed by atoms with Crippen molar-refractivity contribution in [3.05, 3.63) is 48.7 Å². The number of fused-ring (bicyclic) bond motifs is 1. The van der Waals surface area contributed by atoms with E-state index < -0.39 is 11.5 Å². The third-order valence-electron chi connectivity index (χ3n) is 5.06. The van der Waals surface area contributed by atoms with Crippen molar-refractivity contribution in [3.8, 4) is 0 Å². The molecule has 2 aromatic heterocycles. The van der Waals surface area contributed by atoms with Gasteiger partial charge >= 0.3 is 5.97 Å². The molecule has 25 heavy (non-hydrogen) atoms. The van der Waals surface area contributed by atoms with E-state index in [9.17, 15) is 9.90 Å². The number of carbonyl (C=O) groups is 1. The molecule has 0 saturated carbocycles. The minimum absolute atomic E-state index is 0.485. The van der Waals surface area contributed by atoms with E-state index in [1.165, 1.54) is 0 Å². The van der Waals surface area contributed by atoms with Gasteiger partial charge in [-0.25, -0.2) is 14.8 Å². The average Bonchev–Trinajstić information content (AvgIpc) is 3.07. The SMILES string of the molecule is Cc1nccnc1N1CCC(C(=O)O)(n2cnc3ccccc32)CC1. The van der Waals surface area contributed by atoms with Crippen LogP contribution in [0, 0.1) is 6.92 Å². The van der Waals surface area contributed by atoms with Crippen LogP contribution >= 0.6 is 0 Å². The topological polar surface area (TPSA) is 84.1 Å². The van der Waals surface area contributed by atoms with E-state index in [1.54, 1.807) is 18.7 Å². The van der Waals surface area contributed by atoms with Crippen molar-refractivity contribution >= 4 is 22.8 Å². The van der Waals surface area contributed by atoms with E-state index in [4.69, 9.17) is 0 Å². The van der Waals surface area contributed by atoms with Gasteiger partial charge in [-0.05, 0) is 31.9 Å². The molecule has 0 bridgehead atoms. The zero-order chi connectivity index (χ0) is 17.4. The summed E-state index contributed by atoms with van der Waals surface area (Å²) < 4.78 is 1.82. The van der Waals surface area contributed by atoms with Gasteiger partial charge in [0.25, 0.3) is 0 Å². The summed E-state index contributed by atoms with van der Waals surface area (Å²) in [6.07, 6.45) is 5.96. The number of nitrogens with zero attached hydrogens (tertiary/aromatic N) is 5. The number of aryl methyl sites for hydroxylation is 1. The predicted molar refractivity (Wildman–Crippen MR) is 93.6 cm³/mol. The molecule has 1 aliphatic rings. The number of para-hydroxylation sites is 2. The van der Waals surface area contributed by atoms with Crippen LogP contribution in [0.25, 0.3) is 11.0 Å². The Morgan fingerprint density at radius 2 is 1.84 bits per heavy atom. The first-order valence-corrected chi connectivity index (χ1v) is 8.30. The van der Waals surface area contributed by atoms with E-state index in [0.717, 1.165) is 22.5 Å². The van der Waals surface area contributed by atoms with Crippen LogP contribution in [0.1, 0.15) is 18.5 Å². The molecule has 0 aliphatic carbocycles. The fourth-order valence-corrected chi connectivity index (χ4v) is 3.66. The highest BCUT2D eigenvalue weighted by Gasteiger charge is 2.44. The minimum Gasteiger partial charge on any atom is -0.479 e. The molecule has 0 spiro atoms. The van der Waals surface area contributed by atoms with Gasteiger partial charge in [0.2, 0.25) is 0 Å². The lowest BCUT2D eigenvalue weighted by molar-refractivity contribution is -0.148. The Labute approximate surface area is 145 Å². The Kier molecular flexibility index (Phi) is 3.63. The Morgan fingerprint density at radius 3 is 2.56 bits per heavy atom. The van der Waals surface area contributed by atoms with Crippen LogP contribution in [0.3, 0.4) is 0 Å². The number of hydrogen-bond acceptors (Lipinski definition) is 5. The fourth-order valence-electron chi connectivity index (χ4n) is 3.66. The summed E-state index contributed by atoms with van der Waals surface area (Å²) in [6.45, 7) is 3.14. The van der Waals surface area contributed by atoms with Crippen LogP contribution in [0.2, 0.25) is 0 Å². The molecule has 3 aromatic rings. The first-order chi connectivity index (χ1) is 12.1. The Morgan fingerprint density at radius 1 is 1.12 bits per heavy atom. The number of rotatable bonds is 3. The molecule has 7 nitrogen and oxygen atoms in total. The average molecular weight is 337 g/mol. The number of aromatic nitrogens is 4. The third kappa shape index (κ3) is 2.43. The molecule has 1 N–H and O–H groups in total. The van der Waals surface area contributed by atoms with Crippen molar-refractivity contribution in [3.63, 3.8) is 0 Å². The van der Waals surface area contributed by atoms with Gasteiger partial charge in [-0.1, -0.05) is 12.1 Å². The molecule has 7 heteroatoms. The highest BCUT2D eigenvalue weighted by Crippen LogP contribution is 2.35. The van der Waals surface area contributed by atoms with Gasteiger partial charge in [0.15, 0.2) is 0 Å². The van der Waals surface area contributed by atoms with E-state index >= 15 is 0 Å². The van der Waals surface area contributed by atoms with Crippen LogP contribution in [0.4, 0.5) is 5.82 Å². The van der Waals surface area contributed by atoms with Crippen LogP contribution < -0.4 is 4.90 Å². The molecule has 128 valence electrons. The number of imidazole rings is 1. The number of hydrogen-bond donors (Lipinski definition) is 1. The van der Waals surface area contributed by atoms with E-state index in [-0.39, 0.29) is 0 Å². The van der Waals surface area contributed by atoms with Gasteiger partial charge in [-0.2, -0.15) is 0 Å². The molecular weight excluding hydrogens is 318 g/mol. The minimum atomic E-state index is -0.983. The van der Waals surface area contributed by atoms with Crippen LogP contribution in [0.5, 0.6) is 0 Å². The van der Waals surface area contributed by atoms with Gasteiger partial charge in [-0.15, -0.1) is 0 Å². The van der Waals surface area contributed by atoms with Crippen molar-refractivity contribution in [1.29, 1.82) is 0 Å². The lowest BCUT2D eigenvalue weighted by Crippen LogP contribution is -2.51. The number of carboxylic acids is 1. The fraction of sp³-hybridized carbons (Fsp3) is 0.333. The standard InChI is InChI=1S/C18H19N5O2/c1-13-16(20-9-8-19-13)22-10-6-18(7-11-22,17(24)25)23-12-21-14-4-2-3-5-15(14)23/h2-5,8-9,12H,6-7,10-11H2,1H3,(H,24,25). The number of piperidine rings is 1. The molecule has 0 amide bonds. The first kappa shape index (κ1) is 15.6. The quantitative estimate of drug-likeness (QED) is 0.789. The highest BCUT2D eigenvalue weighted by molar-refractivity contribution is 5.82. The molecule has 3 heterocycles. The molecule has 0 unspecified atom stereocenters. The summed E-state index contributed by atoms with van der Waals surface area (Å²) in [4.78, 5) is 27.4. The van der Waals surface area contributed by atoms with E-state index in [0.29, 0.717) is 25.9 Å². The van der Waals surface area contributed by atoms with Crippen molar-refractivity contribution in [2.75, 3.05) is 18.0 Å². The molecule has 1 saturated heterocycles. The Hall–Kier alpha value is -2.96. The molecule has 4 rings (SSSR count). The number of benzene rings is 1. The molecule has 0 atom stereocenters. The smallest absolute Gasteiger partial charge is 0.330 e. The molecule has 0 radical (unpaired) electrons. The maximum absolute atomic E-state index is 12.2. The second-order valence-electron chi connectivity index (χ2n) is 6.39. The molecule has 1 aromatic carbocycles. The van der Waals surface area contributed by atoms with E-state index in [2.05, 4.69) is 19.9 Å². The van der Waals surface area contributed by atoms with Gasteiger partial charge in [0.1, 0.15) is 11.4 Å². The lowest BCUT2D eigenvalue weighted by Gasteiger charge is -2.40. The summed E-state index contributed by atoms with van der Waals surface area (Å²) >= 11 is 0. The monoisotopic (exact) mass is 337 g/mol. The van der Waals surface area contributed by atoms with Crippen molar-refractivity contribution in [2.24, 2.45) is 0 Å². The second-order valence-corrected chi connectivity index (χ2v) is 6.39. The number of anilines is 1. The van der Waals surface area contributed by atoms with Crippen molar-refractivity contribution < 1.29 is 9.90 Å². The largest absolute Gasteiger partial charge is 0.479 e. The maximum Gasteiger partial charge on any atom is 0.330 e. The van der Waals surface area contributed by atoms with Gasteiger partial charge in [-0.3, -0.25) is 4.98 Å². The summed E-state index contributed by atoms with van der Waals surface area (Å²) in [5.74, 6) is 0.0168. The zero-order valence-electron chi connectivity index (χ0n) is 14.0. The lowest BCUT2D eigenvalue weighted by atomic mass is 9.86.